The number of nitro groups is 1. The van der Waals surface area contributed by atoms with Crippen molar-refractivity contribution >= 4 is 23.0 Å². The highest BCUT2D eigenvalue weighted by molar-refractivity contribution is 6.30. The molecule has 4 nitrogen and oxygen atoms in total. The van der Waals surface area contributed by atoms with Gasteiger partial charge in [0.2, 0.25) is 0 Å². The van der Waals surface area contributed by atoms with Gasteiger partial charge in [-0.1, -0.05) is 23.7 Å². The largest absolute Gasteiger partial charge is 0.385 e. The lowest BCUT2D eigenvalue weighted by atomic mass is 10.1. The van der Waals surface area contributed by atoms with Crippen LogP contribution in [0.25, 0.3) is 0 Å². The first-order valence-electron chi connectivity index (χ1n) is 5.88. The van der Waals surface area contributed by atoms with Crippen molar-refractivity contribution in [1.29, 1.82) is 0 Å². The molecule has 0 heterocycles. The van der Waals surface area contributed by atoms with Crippen LogP contribution in [-0.4, -0.2) is 11.5 Å². The fourth-order valence-corrected chi connectivity index (χ4v) is 1.83. The van der Waals surface area contributed by atoms with Gasteiger partial charge in [0, 0.05) is 29.4 Å². The summed E-state index contributed by atoms with van der Waals surface area (Å²) in [7, 11) is 0. The summed E-state index contributed by atoms with van der Waals surface area (Å²) in [6.07, 6.45) is 0.806. The van der Waals surface area contributed by atoms with E-state index in [2.05, 4.69) is 5.32 Å². The second kappa shape index (κ2) is 6.20. The van der Waals surface area contributed by atoms with Crippen LogP contribution >= 0.6 is 11.6 Å². The Morgan fingerprint density at radius 2 is 1.68 bits per heavy atom. The Kier molecular flexibility index (Phi) is 4.36. The van der Waals surface area contributed by atoms with Gasteiger partial charge < -0.3 is 5.32 Å². The molecule has 1 N–H and O–H groups in total. The predicted molar refractivity (Wildman–Crippen MR) is 76.7 cm³/mol. The van der Waals surface area contributed by atoms with Crippen LogP contribution in [0.3, 0.4) is 0 Å². The van der Waals surface area contributed by atoms with Crippen LogP contribution < -0.4 is 5.32 Å². The van der Waals surface area contributed by atoms with E-state index in [9.17, 15) is 10.1 Å². The monoisotopic (exact) mass is 276 g/mol. The lowest BCUT2D eigenvalue weighted by Gasteiger charge is -2.06. The Balaban J connectivity index is 1.85. The van der Waals surface area contributed by atoms with Gasteiger partial charge >= 0.3 is 0 Å². The van der Waals surface area contributed by atoms with E-state index in [4.69, 9.17) is 11.6 Å². The molecule has 0 spiro atoms. The van der Waals surface area contributed by atoms with Crippen molar-refractivity contribution < 1.29 is 4.92 Å². The number of halogens is 1. The van der Waals surface area contributed by atoms with E-state index >= 15 is 0 Å². The number of benzene rings is 2. The minimum absolute atomic E-state index is 0.120. The molecule has 2 aromatic carbocycles. The van der Waals surface area contributed by atoms with Crippen molar-refractivity contribution in [2.45, 2.75) is 6.42 Å². The highest BCUT2D eigenvalue weighted by Crippen LogP contribution is 2.14. The molecule has 0 saturated heterocycles. The number of nitro benzene ring substituents is 1. The number of anilines is 1. The molecular weight excluding hydrogens is 264 g/mol. The molecule has 0 fully saturated rings. The lowest BCUT2D eigenvalue weighted by Crippen LogP contribution is -2.04. The zero-order valence-corrected chi connectivity index (χ0v) is 10.9. The molecule has 0 atom stereocenters. The summed E-state index contributed by atoms with van der Waals surface area (Å²) in [6, 6.07) is 14.1. The van der Waals surface area contributed by atoms with Gasteiger partial charge in [-0.3, -0.25) is 10.1 Å². The summed E-state index contributed by atoms with van der Waals surface area (Å²) in [5, 5.41) is 14.5. The average Bonchev–Trinajstić information content (AvgIpc) is 2.41. The van der Waals surface area contributed by atoms with Crippen molar-refractivity contribution in [3.63, 3.8) is 0 Å². The molecule has 2 rings (SSSR count). The molecule has 0 aliphatic carbocycles. The van der Waals surface area contributed by atoms with Gasteiger partial charge in [-0.15, -0.1) is 0 Å². The molecule has 2 aromatic rings. The number of hydrogen-bond donors (Lipinski definition) is 1. The van der Waals surface area contributed by atoms with Crippen LogP contribution in [-0.2, 0) is 6.42 Å². The van der Waals surface area contributed by atoms with Gasteiger partial charge in [0.25, 0.3) is 5.69 Å². The third-order valence-corrected chi connectivity index (χ3v) is 2.99. The molecule has 98 valence electrons. The van der Waals surface area contributed by atoms with Crippen LogP contribution in [0.2, 0.25) is 5.02 Å². The second-order valence-electron chi connectivity index (χ2n) is 4.11. The second-order valence-corrected chi connectivity index (χ2v) is 4.54. The van der Waals surface area contributed by atoms with Crippen molar-refractivity contribution in [2.24, 2.45) is 0 Å². The van der Waals surface area contributed by atoms with E-state index in [0.717, 1.165) is 24.2 Å². The van der Waals surface area contributed by atoms with E-state index in [1.54, 1.807) is 12.1 Å². The van der Waals surface area contributed by atoms with Gasteiger partial charge in [-0.05, 0) is 36.2 Å². The first-order valence-corrected chi connectivity index (χ1v) is 6.26. The van der Waals surface area contributed by atoms with Crippen LogP contribution in [0.5, 0.6) is 0 Å². The minimum atomic E-state index is -0.393. The van der Waals surface area contributed by atoms with Crippen molar-refractivity contribution in [3.8, 4) is 0 Å². The van der Waals surface area contributed by atoms with E-state index in [1.807, 2.05) is 24.3 Å². The molecule has 0 bridgehead atoms. The molecule has 19 heavy (non-hydrogen) atoms. The molecule has 0 aliphatic heterocycles. The van der Waals surface area contributed by atoms with E-state index in [1.165, 1.54) is 12.1 Å². The molecular formula is C14H13ClN2O2. The lowest BCUT2D eigenvalue weighted by molar-refractivity contribution is -0.384. The third kappa shape index (κ3) is 3.96. The quantitative estimate of drug-likeness (QED) is 0.665. The van der Waals surface area contributed by atoms with E-state index < -0.39 is 4.92 Å². The molecule has 0 aromatic heterocycles. The maximum atomic E-state index is 10.5. The third-order valence-electron chi connectivity index (χ3n) is 2.73. The van der Waals surface area contributed by atoms with Gasteiger partial charge in [0.05, 0.1) is 4.92 Å². The fourth-order valence-electron chi connectivity index (χ4n) is 1.70. The zero-order valence-electron chi connectivity index (χ0n) is 10.2. The smallest absolute Gasteiger partial charge is 0.269 e. The van der Waals surface area contributed by atoms with Gasteiger partial charge in [0.15, 0.2) is 0 Å². The summed E-state index contributed by atoms with van der Waals surface area (Å²) in [6.45, 7) is 0.763. The normalized spacial score (nSPS) is 10.2. The fraction of sp³-hybridized carbons (Fsp3) is 0.143. The average molecular weight is 277 g/mol. The summed E-state index contributed by atoms with van der Waals surface area (Å²) < 4.78 is 0. The predicted octanol–water partition coefficient (Wildman–Crippen LogP) is 3.90. The molecule has 0 unspecified atom stereocenters. The zero-order chi connectivity index (χ0) is 13.7. The molecule has 0 radical (unpaired) electrons. The van der Waals surface area contributed by atoms with Gasteiger partial charge in [-0.25, -0.2) is 0 Å². The van der Waals surface area contributed by atoms with Gasteiger partial charge in [0.1, 0.15) is 0 Å². The maximum Gasteiger partial charge on any atom is 0.269 e. The first kappa shape index (κ1) is 13.4. The Hall–Kier alpha value is -2.07. The van der Waals surface area contributed by atoms with Gasteiger partial charge in [-0.2, -0.15) is 0 Å². The molecule has 0 aliphatic rings. The molecule has 5 heteroatoms. The number of hydrogen-bond acceptors (Lipinski definition) is 3. The molecule has 0 saturated carbocycles. The number of nitrogens with zero attached hydrogens (tertiary/aromatic N) is 1. The van der Waals surface area contributed by atoms with E-state index in [-0.39, 0.29) is 5.69 Å². The Bertz CT molecular complexity index is 553. The molecule has 0 amide bonds. The number of rotatable bonds is 5. The Labute approximate surface area is 116 Å². The minimum Gasteiger partial charge on any atom is -0.385 e. The maximum absolute atomic E-state index is 10.5. The van der Waals surface area contributed by atoms with E-state index in [0.29, 0.717) is 5.02 Å². The van der Waals surface area contributed by atoms with Crippen LogP contribution in [0, 0.1) is 10.1 Å². The van der Waals surface area contributed by atoms with Crippen molar-refractivity contribution in [2.75, 3.05) is 11.9 Å². The number of nitrogens with one attached hydrogen (secondary N) is 1. The first-order chi connectivity index (χ1) is 9.15. The standard InChI is InChI=1S/C14H13ClN2O2/c15-12-3-5-13(6-4-12)16-10-9-11-1-7-14(8-2-11)17(18)19/h1-8,16H,9-10H2. The topological polar surface area (TPSA) is 55.2 Å². The summed E-state index contributed by atoms with van der Waals surface area (Å²) in [4.78, 5) is 10.1. The summed E-state index contributed by atoms with van der Waals surface area (Å²) in [5.41, 5.74) is 2.19. The van der Waals surface area contributed by atoms with Crippen LogP contribution in [0.15, 0.2) is 48.5 Å². The highest BCUT2D eigenvalue weighted by Gasteiger charge is 2.03. The Morgan fingerprint density at radius 3 is 2.26 bits per heavy atom. The highest BCUT2D eigenvalue weighted by atomic mass is 35.5. The van der Waals surface area contributed by atoms with Crippen molar-refractivity contribution in [1.82, 2.24) is 0 Å². The van der Waals surface area contributed by atoms with Crippen LogP contribution in [0.4, 0.5) is 11.4 Å². The van der Waals surface area contributed by atoms with Crippen molar-refractivity contribution in [3.05, 3.63) is 69.2 Å². The summed E-state index contributed by atoms with van der Waals surface area (Å²) >= 11 is 5.80. The van der Waals surface area contributed by atoms with Crippen LogP contribution in [0.1, 0.15) is 5.56 Å². The summed E-state index contributed by atoms with van der Waals surface area (Å²) in [5.74, 6) is 0. The SMILES string of the molecule is O=[N+]([O-])c1ccc(CCNc2ccc(Cl)cc2)cc1. The number of non-ortho nitro benzene ring substituents is 1. The Morgan fingerprint density at radius 1 is 1.05 bits per heavy atom.